The molecule has 1 N–H and O–H groups in total. The highest BCUT2D eigenvalue weighted by Crippen LogP contribution is 2.23. The molecule has 1 heterocycles. The van der Waals surface area contributed by atoms with Gasteiger partial charge in [-0.3, -0.25) is 4.79 Å². The molecular formula is C21H22N2O3. The van der Waals surface area contributed by atoms with Gasteiger partial charge in [-0.25, -0.2) is 0 Å². The molecule has 0 aliphatic rings. The molecule has 0 aliphatic heterocycles. The number of aromatic nitrogens is 1. The van der Waals surface area contributed by atoms with Gasteiger partial charge in [0.2, 0.25) is 0 Å². The van der Waals surface area contributed by atoms with E-state index in [4.69, 9.17) is 9.26 Å². The molecule has 0 saturated carbocycles. The molecule has 1 amide bonds. The smallest absolute Gasteiger partial charge is 0.273 e. The lowest BCUT2D eigenvalue weighted by Gasteiger charge is -2.13. The van der Waals surface area contributed by atoms with Crippen LogP contribution in [-0.2, 0) is 6.42 Å². The molecular weight excluding hydrogens is 328 g/mol. The van der Waals surface area contributed by atoms with E-state index >= 15 is 0 Å². The van der Waals surface area contributed by atoms with E-state index in [0.29, 0.717) is 12.3 Å². The predicted octanol–water partition coefficient (Wildman–Crippen LogP) is 4.10. The van der Waals surface area contributed by atoms with Crippen molar-refractivity contribution >= 4 is 5.91 Å². The second kappa shape index (κ2) is 8.34. The summed E-state index contributed by atoms with van der Waals surface area (Å²) in [5.74, 6) is 0.654. The van der Waals surface area contributed by atoms with Crippen molar-refractivity contribution in [3.8, 4) is 16.9 Å². The average Bonchev–Trinajstić information content (AvgIpc) is 3.18. The lowest BCUT2D eigenvalue weighted by atomic mass is 10.0. The van der Waals surface area contributed by atoms with Gasteiger partial charge in [0.05, 0.1) is 6.61 Å². The largest absolute Gasteiger partial charge is 0.494 e. The Morgan fingerprint density at radius 3 is 2.31 bits per heavy atom. The van der Waals surface area contributed by atoms with Crippen LogP contribution in [0.3, 0.4) is 0 Å². The van der Waals surface area contributed by atoms with Gasteiger partial charge in [0.1, 0.15) is 12.0 Å². The van der Waals surface area contributed by atoms with Crippen LogP contribution in [0.2, 0.25) is 0 Å². The number of carbonyl (C=O) groups excluding carboxylic acids is 1. The van der Waals surface area contributed by atoms with Crippen LogP contribution < -0.4 is 10.1 Å². The van der Waals surface area contributed by atoms with Gasteiger partial charge in [-0.2, -0.15) is 0 Å². The topological polar surface area (TPSA) is 64.4 Å². The minimum absolute atomic E-state index is 0.00414. The van der Waals surface area contributed by atoms with Crippen molar-refractivity contribution < 1.29 is 14.1 Å². The molecule has 134 valence electrons. The number of nitrogens with zero attached hydrogens (tertiary/aromatic N) is 1. The summed E-state index contributed by atoms with van der Waals surface area (Å²) in [7, 11) is 0. The van der Waals surface area contributed by atoms with Crippen LogP contribution in [0.1, 0.15) is 29.9 Å². The third-order valence-electron chi connectivity index (χ3n) is 4.04. The number of rotatable bonds is 7. The Morgan fingerprint density at radius 2 is 1.73 bits per heavy atom. The first-order chi connectivity index (χ1) is 12.7. The van der Waals surface area contributed by atoms with E-state index in [1.807, 2.05) is 26.0 Å². The van der Waals surface area contributed by atoms with E-state index in [9.17, 15) is 4.79 Å². The molecule has 1 atom stereocenters. The summed E-state index contributed by atoms with van der Waals surface area (Å²) < 4.78 is 10.2. The SMILES string of the molecule is CCOc1ccc(-c2ccc(CC(C)NC(=O)c3ccon3)cc2)cc1. The van der Waals surface area contributed by atoms with Gasteiger partial charge in [0, 0.05) is 12.1 Å². The van der Waals surface area contributed by atoms with Crippen LogP contribution >= 0.6 is 0 Å². The van der Waals surface area contributed by atoms with Crippen molar-refractivity contribution in [2.45, 2.75) is 26.3 Å². The predicted molar refractivity (Wildman–Crippen MR) is 100 cm³/mol. The van der Waals surface area contributed by atoms with Crippen LogP contribution in [0.5, 0.6) is 5.75 Å². The van der Waals surface area contributed by atoms with Crippen molar-refractivity contribution in [2.24, 2.45) is 0 Å². The molecule has 1 aromatic heterocycles. The highest BCUT2D eigenvalue weighted by molar-refractivity contribution is 5.92. The monoisotopic (exact) mass is 350 g/mol. The number of amides is 1. The zero-order valence-corrected chi connectivity index (χ0v) is 14.9. The molecule has 5 heteroatoms. The molecule has 3 aromatic rings. The summed E-state index contributed by atoms with van der Waals surface area (Å²) in [4.78, 5) is 12.0. The first-order valence-corrected chi connectivity index (χ1v) is 8.69. The van der Waals surface area contributed by atoms with Crippen LogP contribution in [-0.4, -0.2) is 23.7 Å². The molecule has 2 aromatic carbocycles. The fourth-order valence-electron chi connectivity index (χ4n) is 2.78. The zero-order chi connectivity index (χ0) is 18.4. The maximum absolute atomic E-state index is 12.0. The molecule has 0 spiro atoms. The average molecular weight is 350 g/mol. The van der Waals surface area contributed by atoms with Crippen molar-refractivity contribution in [3.63, 3.8) is 0 Å². The Morgan fingerprint density at radius 1 is 1.08 bits per heavy atom. The number of carbonyl (C=O) groups is 1. The summed E-state index contributed by atoms with van der Waals surface area (Å²) in [6.45, 7) is 4.61. The van der Waals surface area contributed by atoms with Gasteiger partial charge in [0.15, 0.2) is 5.69 Å². The summed E-state index contributed by atoms with van der Waals surface area (Å²) in [6.07, 6.45) is 2.13. The van der Waals surface area contributed by atoms with E-state index in [2.05, 4.69) is 46.9 Å². The first kappa shape index (κ1) is 17.7. The van der Waals surface area contributed by atoms with Crippen LogP contribution in [0.4, 0.5) is 0 Å². The number of hydrogen-bond donors (Lipinski definition) is 1. The second-order valence-corrected chi connectivity index (χ2v) is 6.12. The molecule has 3 rings (SSSR count). The normalized spacial score (nSPS) is 11.8. The Labute approximate surface area is 153 Å². The van der Waals surface area contributed by atoms with Gasteiger partial charge in [-0.1, -0.05) is 41.6 Å². The van der Waals surface area contributed by atoms with Gasteiger partial charge in [-0.15, -0.1) is 0 Å². The molecule has 0 bridgehead atoms. The van der Waals surface area contributed by atoms with E-state index in [1.54, 1.807) is 6.07 Å². The maximum atomic E-state index is 12.0. The molecule has 0 radical (unpaired) electrons. The fraction of sp³-hybridized carbons (Fsp3) is 0.238. The summed E-state index contributed by atoms with van der Waals surface area (Å²) in [5.41, 5.74) is 3.75. The number of hydrogen-bond acceptors (Lipinski definition) is 4. The lowest BCUT2D eigenvalue weighted by molar-refractivity contribution is 0.0931. The van der Waals surface area contributed by atoms with Crippen molar-refractivity contribution in [1.82, 2.24) is 10.5 Å². The van der Waals surface area contributed by atoms with Crippen LogP contribution in [0, 0.1) is 0 Å². The molecule has 26 heavy (non-hydrogen) atoms. The van der Waals surface area contributed by atoms with E-state index < -0.39 is 0 Å². The molecule has 0 saturated heterocycles. The summed E-state index contributed by atoms with van der Waals surface area (Å²) in [6, 6.07) is 18.0. The standard InChI is InChI=1S/C21H22N2O3/c1-3-25-19-10-8-18(9-11-19)17-6-4-16(5-7-17)14-15(2)22-21(24)20-12-13-26-23-20/h4-13,15H,3,14H2,1-2H3,(H,22,24). The number of benzene rings is 2. The number of ether oxygens (including phenoxy) is 1. The quantitative estimate of drug-likeness (QED) is 0.697. The lowest BCUT2D eigenvalue weighted by Crippen LogP contribution is -2.34. The number of nitrogens with one attached hydrogen (secondary N) is 1. The zero-order valence-electron chi connectivity index (χ0n) is 14.9. The molecule has 0 fully saturated rings. The summed E-state index contributed by atoms with van der Waals surface area (Å²) in [5, 5.41) is 6.56. The fourth-order valence-corrected chi connectivity index (χ4v) is 2.78. The van der Waals surface area contributed by atoms with Gasteiger partial charge in [-0.05, 0) is 49.1 Å². The van der Waals surface area contributed by atoms with E-state index in [1.165, 1.54) is 6.26 Å². The Bertz CT molecular complexity index is 825. The Kier molecular flexibility index (Phi) is 5.69. The first-order valence-electron chi connectivity index (χ1n) is 8.69. The second-order valence-electron chi connectivity index (χ2n) is 6.12. The van der Waals surface area contributed by atoms with Crippen molar-refractivity contribution in [3.05, 3.63) is 72.1 Å². The van der Waals surface area contributed by atoms with E-state index in [-0.39, 0.29) is 11.9 Å². The van der Waals surface area contributed by atoms with Gasteiger partial charge < -0.3 is 14.6 Å². The molecule has 1 unspecified atom stereocenters. The van der Waals surface area contributed by atoms with Crippen LogP contribution in [0.15, 0.2) is 65.4 Å². The van der Waals surface area contributed by atoms with Crippen molar-refractivity contribution in [2.75, 3.05) is 6.61 Å². The Hall–Kier alpha value is -3.08. The van der Waals surface area contributed by atoms with Crippen molar-refractivity contribution in [1.29, 1.82) is 0 Å². The molecule has 5 nitrogen and oxygen atoms in total. The summed E-state index contributed by atoms with van der Waals surface area (Å²) >= 11 is 0. The van der Waals surface area contributed by atoms with E-state index in [0.717, 1.165) is 28.9 Å². The van der Waals surface area contributed by atoms with Crippen LogP contribution in [0.25, 0.3) is 11.1 Å². The van der Waals surface area contributed by atoms with Gasteiger partial charge in [0.25, 0.3) is 5.91 Å². The van der Waals surface area contributed by atoms with Gasteiger partial charge >= 0.3 is 0 Å². The highest BCUT2D eigenvalue weighted by Gasteiger charge is 2.12. The Balaban J connectivity index is 1.59. The highest BCUT2D eigenvalue weighted by atomic mass is 16.5. The third kappa shape index (κ3) is 4.51. The molecule has 0 aliphatic carbocycles. The third-order valence-corrected chi connectivity index (χ3v) is 4.04. The minimum atomic E-state index is -0.225. The maximum Gasteiger partial charge on any atom is 0.273 e. The minimum Gasteiger partial charge on any atom is -0.494 e.